The molecule has 0 fully saturated rings. The average molecular weight is 488 g/mol. The fourth-order valence-electron chi connectivity index (χ4n) is 4.29. The third-order valence-corrected chi connectivity index (χ3v) is 6.13. The summed E-state index contributed by atoms with van der Waals surface area (Å²) >= 11 is 0. The molecule has 3 aromatic rings. The van der Waals surface area contributed by atoms with Gasteiger partial charge in [-0.15, -0.1) is 0 Å². The molecule has 0 aliphatic carbocycles. The molecule has 0 bridgehead atoms. The number of rotatable bonds is 11. The minimum atomic E-state index is -0.523. The van der Waals surface area contributed by atoms with Crippen LogP contribution in [0, 0.1) is 11.3 Å². The Morgan fingerprint density at radius 3 is 2.22 bits per heavy atom. The van der Waals surface area contributed by atoms with Crippen molar-refractivity contribution in [1.82, 2.24) is 4.98 Å². The van der Waals surface area contributed by atoms with Crippen LogP contribution < -0.4 is 9.64 Å². The number of nitrogens with zero attached hydrogens (tertiary/aromatic N) is 3. The minimum Gasteiger partial charge on any atom is -0.471 e. The van der Waals surface area contributed by atoms with E-state index in [1.807, 2.05) is 40.7 Å². The predicted octanol–water partition coefficient (Wildman–Crippen LogP) is 7.76. The Morgan fingerprint density at radius 2 is 1.58 bits per heavy atom. The van der Waals surface area contributed by atoms with Crippen LogP contribution in [0.2, 0.25) is 0 Å². The number of anilines is 1. The van der Waals surface area contributed by atoms with Crippen LogP contribution in [-0.2, 0) is 4.74 Å². The summed E-state index contributed by atoms with van der Waals surface area (Å²) in [4.78, 5) is 6.86. The van der Waals surface area contributed by atoms with E-state index in [2.05, 4.69) is 66.2 Å². The van der Waals surface area contributed by atoms with Crippen LogP contribution in [0.3, 0.4) is 0 Å². The van der Waals surface area contributed by atoms with Gasteiger partial charge in [-0.25, -0.2) is 4.98 Å². The first-order chi connectivity index (χ1) is 17.1. The fraction of sp³-hybridized carbons (Fsp3) is 0.484. The third kappa shape index (κ3) is 7.21. The van der Waals surface area contributed by atoms with Crippen LogP contribution in [-0.4, -0.2) is 35.9 Å². The molecule has 192 valence electrons. The molecule has 0 N–H and O–H groups in total. The van der Waals surface area contributed by atoms with Crippen molar-refractivity contribution in [3.63, 3.8) is 0 Å². The van der Waals surface area contributed by atoms with Crippen LogP contribution in [0.25, 0.3) is 21.9 Å². The lowest BCUT2D eigenvalue weighted by Gasteiger charge is -2.28. The van der Waals surface area contributed by atoms with E-state index in [0.29, 0.717) is 24.5 Å². The van der Waals surface area contributed by atoms with Gasteiger partial charge >= 0.3 is 0 Å². The fourth-order valence-corrected chi connectivity index (χ4v) is 4.29. The second-order valence-corrected chi connectivity index (χ2v) is 11.0. The van der Waals surface area contributed by atoms with Crippen molar-refractivity contribution in [2.75, 3.05) is 24.6 Å². The molecule has 0 spiro atoms. The highest BCUT2D eigenvalue weighted by Gasteiger charge is 2.25. The van der Waals surface area contributed by atoms with Gasteiger partial charge < -0.3 is 14.4 Å². The molecule has 0 saturated carbocycles. The number of aromatic nitrogens is 1. The van der Waals surface area contributed by atoms with Crippen LogP contribution >= 0.6 is 0 Å². The SMILES string of the molecule is CCCN(CCC)c1ccc2cc(-c3ccnc(OC(C)(C)CCOC(C)(C)C)c3C#N)ccc2c1. The van der Waals surface area contributed by atoms with E-state index in [1.54, 1.807) is 6.20 Å². The lowest BCUT2D eigenvalue weighted by molar-refractivity contribution is -0.0300. The van der Waals surface area contributed by atoms with Gasteiger partial charge in [0, 0.05) is 37.0 Å². The summed E-state index contributed by atoms with van der Waals surface area (Å²) in [6, 6.07) is 17.2. The van der Waals surface area contributed by atoms with Crippen LogP contribution in [0.1, 0.15) is 73.3 Å². The quantitative estimate of drug-likeness (QED) is 0.276. The van der Waals surface area contributed by atoms with E-state index in [0.717, 1.165) is 42.4 Å². The topological polar surface area (TPSA) is 58.4 Å². The second-order valence-electron chi connectivity index (χ2n) is 11.0. The van der Waals surface area contributed by atoms with E-state index in [9.17, 15) is 5.26 Å². The largest absolute Gasteiger partial charge is 0.471 e. The number of benzene rings is 2. The predicted molar refractivity (Wildman–Crippen MR) is 150 cm³/mol. The van der Waals surface area contributed by atoms with Gasteiger partial charge in [0.2, 0.25) is 5.88 Å². The first-order valence-corrected chi connectivity index (χ1v) is 13.1. The maximum Gasteiger partial charge on any atom is 0.232 e. The maximum absolute atomic E-state index is 10.1. The van der Waals surface area contributed by atoms with Crippen LogP contribution in [0.15, 0.2) is 48.7 Å². The lowest BCUT2D eigenvalue weighted by Crippen LogP contribution is -2.32. The molecule has 0 saturated heterocycles. The molecule has 0 radical (unpaired) electrons. The van der Waals surface area contributed by atoms with Crippen molar-refractivity contribution < 1.29 is 9.47 Å². The molecule has 0 atom stereocenters. The van der Waals surface area contributed by atoms with Crippen molar-refractivity contribution >= 4 is 16.5 Å². The zero-order valence-corrected chi connectivity index (χ0v) is 23.0. The number of ether oxygens (including phenoxy) is 2. The van der Waals surface area contributed by atoms with E-state index >= 15 is 0 Å². The summed E-state index contributed by atoms with van der Waals surface area (Å²) in [6.07, 6.45) is 4.65. The molecule has 2 aromatic carbocycles. The highest BCUT2D eigenvalue weighted by molar-refractivity contribution is 5.90. The van der Waals surface area contributed by atoms with E-state index in [-0.39, 0.29) is 5.60 Å². The second kappa shape index (κ2) is 11.8. The first kappa shape index (κ1) is 27.5. The normalized spacial score (nSPS) is 11.9. The molecular weight excluding hydrogens is 446 g/mol. The molecule has 1 aromatic heterocycles. The molecule has 5 nitrogen and oxygen atoms in total. The molecule has 0 aliphatic rings. The van der Waals surface area contributed by atoms with Crippen molar-refractivity contribution in [2.24, 2.45) is 0 Å². The van der Waals surface area contributed by atoms with Gasteiger partial charge in [-0.05, 0) is 88.1 Å². The summed E-state index contributed by atoms with van der Waals surface area (Å²) in [5, 5.41) is 12.4. The zero-order chi connectivity index (χ0) is 26.3. The van der Waals surface area contributed by atoms with Gasteiger partial charge in [0.25, 0.3) is 0 Å². The summed E-state index contributed by atoms with van der Waals surface area (Å²) in [7, 11) is 0. The van der Waals surface area contributed by atoms with Crippen LogP contribution in [0.4, 0.5) is 5.69 Å². The van der Waals surface area contributed by atoms with E-state index < -0.39 is 5.60 Å². The van der Waals surface area contributed by atoms with E-state index in [4.69, 9.17) is 9.47 Å². The first-order valence-electron chi connectivity index (χ1n) is 13.1. The summed E-state index contributed by atoms with van der Waals surface area (Å²) in [6.45, 7) is 17.2. The van der Waals surface area contributed by atoms with Gasteiger partial charge in [0.05, 0.1) is 12.2 Å². The Bertz CT molecular complexity index is 1200. The van der Waals surface area contributed by atoms with Crippen molar-refractivity contribution in [1.29, 1.82) is 5.26 Å². The summed E-state index contributed by atoms with van der Waals surface area (Å²) in [5.41, 5.74) is 2.79. The highest BCUT2D eigenvalue weighted by Crippen LogP contribution is 2.33. The standard InChI is InChI=1S/C31H41N3O2/c1-8-17-34(18-9-2)26-13-12-23-20-25(11-10-24(23)21-26)27-14-16-33-29(28(27)22-32)36-31(6,7)15-19-35-30(3,4)5/h10-14,16,20-21H,8-9,15,17-19H2,1-7H3. The monoisotopic (exact) mass is 487 g/mol. The van der Waals surface area contributed by atoms with E-state index in [1.165, 1.54) is 11.1 Å². The molecule has 3 rings (SSSR count). The number of fused-ring (bicyclic) bond motifs is 1. The molecule has 0 unspecified atom stereocenters. The van der Waals surface area contributed by atoms with Crippen molar-refractivity contribution in [3.8, 4) is 23.1 Å². The maximum atomic E-state index is 10.1. The van der Waals surface area contributed by atoms with Gasteiger partial charge in [-0.2, -0.15) is 5.26 Å². The summed E-state index contributed by atoms with van der Waals surface area (Å²) in [5.74, 6) is 0.362. The van der Waals surface area contributed by atoms with Gasteiger partial charge in [0.1, 0.15) is 17.2 Å². The highest BCUT2D eigenvalue weighted by atomic mass is 16.5. The Hall–Kier alpha value is -3.10. The molecular formula is C31H41N3O2. The molecule has 36 heavy (non-hydrogen) atoms. The van der Waals surface area contributed by atoms with Crippen LogP contribution in [0.5, 0.6) is 5.88 Å². The van der Waals surface area contributed by atoms with Gasteiger partial charge in [-0.1, -0.05) is 32.0 Å². The van der Waals surface area contributed by atoms with Gasteiger partial charge in [-0.3, -0.25) is 0 Å². The lowest BCUT2D eigenvalue weighted by atomic mass is 9.98. The number of pyridine rings is 1. The number of hydrogen-bond acceptors (Lipinski definition) is 5. The average Bonchev–Trinajstić information content (AvgIpc) is 2.82. The Balaban J connectivity index is 1.88. The third-order valence-electron chi connectivity index (χ3n) is 6.13. The summed E-state index contributed by atoms with van der Waals surface area (Å²) < 4.78 is 12.1. The molecule has 5 heteroatoms. The Labute approximate surface area is 217 Å². The van der Waals surface area contributed by atoms with Gasteiger partial charge in [0.15, 0.2) is 0 Å². The number of hydrogen-bond donors (Lipinski definition) is 0. The molecule has 0 aliphatic heterocycles. The zero-order valence-electron chi connectivity index (χ0n) is 23.0. The smallest absolute Gasteiger partial charge is 0.232 e. The molecule has 1 heterocycles. The number of nitriles is 1. The Morgan fingerprint density at radius 1 is 0.917 bits per heavy atom. The molecule has 0 amide bonds. The Kier molecular flexibility index (Phi) is 8.98. The van der Waals surface area contributed by atoms with Crippen molar-refractivity contribution in [2.45, 2.75) is 78.9 Å². The van der Waals surface area contributed by atoms with Crippen molar-refractivity contribution in [3.05, 3.63) is 54.2 Å². The minimum absolute atomic E-state index is 0.201.